The first-order valence-electron chi connectivity index (χ1n) is 23.9. The lowest BCUT2D eigenvalue weighted by molar-refractivity contribution is -0.161. The van der Waals surface area contributed by atoms with Gasteiger partial charge >= 0.3 is 19.8 Å². The van der Waals surface area contributed by atoms with Crippen molar-refractivity contribution >= 4 is 37.8 Å². The van der Waals surface area contributed by atoms with Crippen LogP contribution < -0.4 is 5.32 Å². The summed E-state index contributed by atoms with van der Waals surface area (Å²) in [6.45, 7) is 10.2. The highest BCUT2D eigenvalue weighted by molar-refractivity contribution is 7.47. The number of carbonyl (C=O) groups excluding carboxylic acids is 3. The van der Waals surface area contributed by atoms with E-state index in [0.29, 0.717) is 29.5 Å². The van der Waals surface area contributed by atoms with Gasteiger partial charge in [0, 0.05) is 24.9 Å². The van der Waals surface area contributed by atoms with Crippen LogP contribution >= 0.6 is 7.82 Å². The Morgan fingerprint density at radius 1 is 0.656 bits per heavy atom. The Balaban J connectivity index is 2.54. The molecule has 1 unspecified atom stereocenters. The van der Waals surface area contributed by atoms with Crippen LogP contribution in [0.2, 0.25) is 0 Å². The fraction of sp³-hybridized carbons (Fsp3) is 0.735. The fourth-order valence-electron chi connectivity index (χ4n) is 7.23. The summed E-state index contributed by atoms with van der Waals surface area (Å²) < 4.78 is 34.0. The molecule has 0 aliphatic heterocycles. The Bertz CT molecular complexity index is 1390. The zero-order valence-electron chi connectivity index (χ0n) is 38.2. The second-order valence-corrected chi connectivity index (χ2v) is 17.8. The molecule has 0 saturated heterocycles. The topological polar surface area (TPSA) is 158 Å². The van der Waals surface area contributed by atoms with Crippen LogP contribution in [0.25, 0.3) is 12.2 Å². The third kappa shape index (κ3) is 30.0. The van der Waals surface area contributed by atoms with Crippen molar-refractivity contribution in [3.05, 3.63) is 47.5 Å². The number of amides is 1. The molecule has 0 radical (unpaired) electrons. The van der Waals surface area contributed by atoms with E-state index in [1.807, 2.05) is 0 Å². The average Bonchev–Trinajstić information content (AvgIpc) is 3.25. The Labute approximate surface area is 369 Å². The highest BCUT2D eigenvalue weighted by Crippen LogP contribution is 2.43. The molecule has 2 atom stereocenters. The molecule has 12 heteroatoms. The van der Waals surface area contributed by atoms with Crippen LogP contribution in [0.5, 0.6) is 0 Å². The molecule has 0 aliphatic carbocycles. The number of benzene rings is 1. The number of hydrogen-bond acceptors (Lipinski definition) is 9. The molecule has 0 heterocycles. The maximum Gasteiger partial charge on any atom is 0.472 e. The van der Waals surface area contributed by atoms with Crippen LogP contribution in [-0.2, 0) is 39.3 Å². The van der Waals surface area contributed by atoms with Gasteiger partial charge in [-0.1, -0.05) is 193 Å². The predicted molar refractivity (Wildman–Crippen MR) is 248 cm³/mol. The Morgan fingerprint density at radius 2 is 1.11 bits per heavy atom. The highest BCUT2D eigenvalue weighted by Gasteiger charge is 2.26. The van der Waals surface area contributed by atoms with E-state index in [0.717, 1.165) is 38.5 Å². The van der Waals surface area contributed by atoms with Crippen molar-refractivity contribution in [2.45, 2.75) is 206 Å². The van der Waals surface area contributed by atoms with Crippen molar-refractivity contribution in [1.29, 1.82) is 0 Å². The number of unbranched alkanes of at least 4 members (excludes halogenated alkanes) is 24. The number of ether oxygens (including phenoxy) is 2. The third-order valence-corrected chi connectivity index (χ3v) is 11.9. The number of nitrogens with one attached hydrogen (secondary N) is 1. The number of esters is 2. The lowest BCUT2D eigenvalue weighted by Gasteiger charge is -2.20. The summed E-state index contributed by atoms with van der Waals surface area (Å²) in [5.41, 5.74) is 1.84. The minimum absolute atomic E-state index is 0.145. The molecule has 11 nitrogen and oxygen atoms in total. The normalized spacial score (nSPS) is 12.7. The maximum absolute atomic E-state index is 12.9. The molecule has 1 rings (SSSR count). The quantitative estimate of drug-likeness (QED) is 0.0328. The van der Waals surface area contributed by atoms with Gasteiger partial charge in [0.2, 0.25) is 0 Å². The third-order valence-electron chi connectivity index (χ3n) is 10.9. The van der Waals surface area contributed by atoms with Crippen LogP contribution in [0.3, 0.4) is 0 Å². The van der Waals surface area contributed by atoms with Gasteiger partial charge in [0.05, 0.1) is 19.8 Å². The van der Waals surface area contributed by atoms with Crippen molar-refractivity contribution < 1.29 is 47.5 Å². The number of rotatable bonds is 42. The number of carbonyl (C=O) groups is 3. The standard InChI is InChI=1S/C49H84NO10P/c1-5-9-11-13-15-17-19-21-23-25-27-29-31-33-47(52)57-40-44(60-48(53)34-32-30-28-26-24-22-20-18-16-14-12-10-6-2)41-59-61(55,56)58-36-35-50-49(54)45-38-42(7-3)37-43(8-4)46(45)39-51/h7-8,37-38,44,51H,3-6,9-36,39-41H2,1-2H3,(H,50,54)(H,55,56)/t44-/m1/s1. The smallest absolute Gasteiger partial charge is 0.462 e. The Morgan fingerprint density at radius 3 is 1.56 bits per heavy atom. The maximum atomic E-state index is 12.9. The average molecular weight is 878 g/mol. The molecule has 350 valence electrons. The Kier molecular flexibility index (Phi) is 34.7. The largest absolute Gasteiger partial charge is 0.472 e. The van der Waals surface area contributed by atoms with E-state index in [9.17, 15) is 28.9 Å². The highest BCUT2D eigenvalue weighted by atomic mass is 31.2. The number of aliphatic hydroxyl groups excluding tert-OH is 1. The van der Waals surface area contributed by atoms with Crippen LogP contribution in [0.15, 0.2) is 25.3 Å². The van der Waals surface area contributed by atoms with E-state index in [1.165, 1.54) is 122 Å². The van der Waals surface area contributed by atoms with Crippen molar-refractivity contribution in [2.75, 3.05) is 26.4 Å². The first-order valence-corrected chi connectivity index (χ1v) is 25.4. The van der Waals surface area contributed by atoms with E-state index in [2.05, 4.69) is 32.3 Å². The summed E-state index contributed by atoms with van der Waals surface area (Å²) in [5.74, 6) is -1.45. The van der Waals surface area contributed by atoms with E-state index in [1.54, 1.807) is 18.2 Å². The second-order valence-electron chi connectivity index (χ2n) is 16.3. The molecule has 0 saturated carbocycles. The summed E-state index contributed by atoms with van der Waals surface area (Å²) in [4.78, 5) is 48.7. The molecule has 1 aromatic carbocycles. The summed E-state index contributed by atoms with van der Waals surface area (Å²) in [7, 11) is -4.65. The lowest BCUT2D eigenvalue weighted by atomic mass is 9.97. The molecule has 0 aliphatic rings. The van der Waals surface area contributed by atoms with Crippen LogP contribution in [0.4, 0.5) is 0 Å². The zero-order chi connectivity index (χ0) is 44.8. The molecule has 1 amide bonds. The predicted octanol–water partition coefficient (Wildman–Crippen LogP) is 12.7. The molecule has 0 spiro atoms. The van der Waals surface area contributed by atoms with Gasteiger partial charge in [-0.3, -0.25) is 23.4 Å². The number of phosphoric acid groups is 1. The molecule has 1 aromatic rings. The molecule has 0 fully saturated rings. The van der Waals surface area contributed by atoms with Gasteiger partial charge in [0.1, 0.15) is 6.61 Å². The van der Waals surface area contributed by atoms with Gasteiger partial charge in [0.25, 0.3) is 5.91 Å². The van der Waals surface area contributed by atoms with E-state index in [4.69, 9.17) is 18.5 Å². The van der Waals surface area contributed by atoms with Crippen molar-refractivity contribution in [2.24, 2.45) is 0 Å². The molecular weight excluding hydrogens is 794 g/mol. The fourth-order valence-corrected chi connectivity index (χ4v) is 7.98. The Hall–Kier alpha value is -2.82. The lowest BCUT2D eigenvalue weighted by Crippen LogP contribution is -2.30. The van der Waals surface area contributed by atoms with E-state index < -0.39 is 45.0 Å². The molecule has 3 N–H and O–H groups in total. The minimum Gasteiger partial charge on any atom is -0.462 e. The van der Waals surface area contributed by atoms with E-state index >= 15 is 0 Å². The van der Waals surface area contributed by atoms with Gasteiger partial charge in [-0.2, -0.15) is 0 Å². The van der Waals surface area contributed by atoms with Gasteiger partial charge in [-0.25, -0.2) is 4.57 Å². The number of hydrogen-bond donors (Lipinski definition) is 3. The second kappa shape index (κ2) is 37.7. The minimum atomic E-state index is -4.65. The number of aliphatic hydroxyl groups is 1. The van der Waals surface area contributed by atoms with Gasteiger partial charge in [0.15, 0.2) is 6.10 Å². The van der Waals surface area contributed by atoms with Gasteiger partial charge in [-0.05, 0) is 41.7 Å². The van der Waals surface area contributed by atoms with Crippen LogP contribution in [-0.4, -0.2) is 60.3 Å². The summed E-state index contributed by atoms with van der Waals surface area (Å²) in [6.07, 6.45) is 33.3. The number of phosphoric ester groups is 1. The molecule has 61 heavy (non-hydrogen) atoms. The zero-order valence-corrected chi connectivity index (χ0v) is 39.1. The summed E-state index contributed by atoms with van der Waals surface area (Å²) in [5, 5.41) is 12.5. The molecule has 0 bridgehead atoms. The monoisotopic (exact) mass is 878 g/mol. The van der Waals surface area contributed by atoms with Crippen LogP contribution in [0.1, 0.15) is 221 Å². The van der Waals surface area contributed by atoms with Crippen molar-refractivity contribution in [3.8, 4) is 0 Å². The van der Waals surface area contributed by atoms with E-state index in [-0.39, 0.29) is 38.2 Å². The van der Waals surface area contributed by atoms with Gasteiger partial charge in [-0.15, -0.1) is 0 Å². The van der Waals surface area contributed by atoms with Gasteiger partial charge < -0.3 is 24.8 Å². The van der Waals surface area contributed by atoms with Crippen molar-refractivity contribution in [1.82, 2.24) is 5.32 Å². The van der Waals surface area contributed by atoms with Crippen molar-refractivity contribution in [3.63, 3.8) is 0 Å². The van der Waals surface area contributed by atoms with Crippen LogP contribution in [0, 0.1) is 0 Å². The summed E-state index contributed by atoms with van der Waals surface area (Å²) in [6, 6.07) is 3.32. The summed E-state index contributed by atoms with van der Waals surface area (Å²) >= 11 is 0. The molecular formula is C49H84NO10P. The first-order chi connectivity index (χ1) is 29.6. The molecule has 0 aromatic heterocycles. The SMILES string of the molecule is C=Cc1cc(C=C)c(CO)c(C(=O)NCCOP(=O)(O)OC[C@@H](COC(=O)CCCCCCCCCCCCCCC)OC(=O)CCCCCCCCCCCCCCC)c1. The first kappa shape index (κ1) is 56.2.